The first-order valence-electron chi connectivity index (χ1n) is 11.0. The maximum Gasteiger partial charge on any atom is 0.191 e. The molecule has 3 unspecified atom stereocenters. The lowest BCUT2D eigenvalue weighted by Crippen LogP contribution is -2.41. The van der Waals surface area contributed by atoms with E-state index in [9.17, 15) is 0 Å². The van der Waals surface area contributed by atoms with E-state index >= 15 is 0 Å². The molecule has 2 heterocycles. The summed E-state index contributed by atoms with van der Waals surface area (Å²) in [5.41, 5.74) is 2.01. The van der Waals surface area contributed by atoms with Gasteiger partial charge in [-0.15, -0.1) is 0 Å². The van der Waals surface area contributed by atoms with Crippen LogP contribution in [0.3, 0.4) is 0 Å². The zero-order chi connectivity index (χ0) is 21.6. The number of hydrogen-bond donors (Lipinski definition) is 2. The molecule has 3 atom stereocenters. The van der Waals surface area contributed by atoms with Crippen LogP contribution < -0.4 is 15.4 Å². The predicted molar refractivity (Wildman–Crippen MR) is 124 cm³/mol. The molecule has 1 aliphatic rings. The number of guanidine groups is 1. The molecule has 0 spiro atoms. The lowest BCUT2D eigenvalue weighted by molar-refractivity contribution is 0.0915. The molecule has 6 heteroatoms. The van der Waals surface area contributed by atoms with Crippen molar-refractivity contribution < 1.29 is 13.9 Å². The van der Waals surface area contributed by atoms with Crippen molar-refractivity contribution in [3.8, 4) is 5.75 Å². The van der Waals surface area contributed by atoms with Crippen LogP contribution in [0, 0.1) is 5.92 Å². The molecular weight excluding hydrogens is 390 g/mol. The third-order valence-electron chi connectivity index (χ3n) is 5.70. The monoisotopic (exact) mass is 421 g/mol. The van der Waals surface area contributed by atoms with Crippen molar-refractivity contribution in [3.63, 3.8) is 0 Å². The molecule has 0 saturated carbocycles. The van der Waals surface area contributed by atoms with Crippen LogP contribution in [0.2, 0.25) is 0 Å². The number of rotatable bonds is 7. The van der Waals surface area contributed by atoms with Crippen LogP contribution in [0.5, 0.6) is 5.75 Å². The topological polar surface area (TPSA) is 68.0 Å². The van der Waals surface area contributed by atoms with E-state index in [1.807, 2.05) is 31.2 Å². The van der Waals surface area contributed by atoms with Gasteiger partial charge in [0.25, 0.3) is 0 Å². The molecule has 1 aliphatic heterocycles. The Hall–Kier alpha value is -2.99. The minimum absolute atomic E-state index is 0.0437. The summed E-state index contributed by atoms with van der Waals surface area (Å²) < 4.78 is 17.8. The number of nitrogens with zero attached hydrogens (tertiary/aromatic N) is 1. The Morgan fingerprint density at radius 3 is 2.81 bits per heavy atom. The maximum absolute atomic E-state index is 6.12. The molecule has 2 N–H and O–H groups in total. The Morgan fingerprint density at radius 2 is 2.03 bits per heavy atom. The number of fused-ring (bicyclic) bond motifs is 1. The van der Waals surface area contributed by atoms with Gasteiger partial charge in [0.15, 0.2) is 17.3 Å². The van der Waals surface area contributed by atoms with Crippen LogP contribution >= 0.6 is 0 Å². The molecule has 0 radical (unpaired) electrons. The van der Waals surface area contributed by atoms with E-state index in [0.717, 1.165) is 48.0 Å². The molecule has 6 nitrogen and oxygen atoms in total. The summed E-state index contributed by atoms with van der Waals surface area (Å²) in [6.45, 7) is 6.22. The van der Waals surface area contributed by atoms with E-state index in [1.54, 1.807) is 7.05 Å². The first-order chi connectivity index (χ1) is 15.2. The van der Waals surface area contributed by atoms with Crippen molar-refractivity contribution in [2.24, 2.45) is 10.9 Å². The lowest BCUT2D eigenvalue weighted by Gasteiger charge is -2.22. The summed E-state index contributed by atoms with van der Waals surface area (Å²) in [5, 5.41) is 7.94. The van der Waals surface area contributed by atoms with Gasteiger partial charge in [0.05, 0.1) is 18.8 Å². The summed E-state index contributed by atoms with van der Waals surface area (Å²) in [4.78, 5) is 4.40. The minimum Gasteiger partial charge on any atom is -0.490 e. The number of furan rings is 1. The summed E-state index contributed by atoms with van der Waals surface area (Å²) in [7, 11) is 1.79. The van der Waals surface area contributed by atoms with Gasteiger partial charge in [-0.2, -0.15) is 0 Å². The number of para-hydroxylation sites is 1. The molecule has 1 fully saturated rings. The highest BCUT2D eigenvalue weighted by molar-refractivity contribution is 5.84. The van der Waals surface area contributed by atoms with Crippen molar-refractivity contribution in [2.45, 2.75) is 32.4 Å². The summed E-state index contributed by atoms with van der Waals surface area (Å²) in [5.74, 6) is 2.76. The van der Waals surface area contributed by atoms with Gasteiger partial charge in [0, 0.05) is 31.5 Å². The molecule has 2 aromatic carbocycles. The molecule has 0 amide bonds. The van der Waals surface area contributed by atoms with Crippen LogP contribution in [0.25, 0.3) is 11.0 Å². The van der Waals surface area contributed by atoms with E-state index < -0.39 is 0 Å². The van der Waals surface area contributed by atoms with Gasteiger partial charge < -0.3 is 24.5 Å². The SMILES string of the molecule is CCOc1cccc2cc(C(C)NC(=NC)NCC3CCOC3c3ccccc3)oc12. The zero-order valence-corrected chi connectivity index (χ0v) is 18.4. The van der Waals surface area contributed by atoms with Crippen molar-refractivity contribution in [2.75, 3.05) is 26.8 Å². The Morgan fingerprint density at radius 1 is 1.19 bits per heavy atom. The minimum atomic E-state index is -0.0437. The highest BCUT2D eigenvalue weighted by Gasteiger charge is 2.29. The number of benzene rings is 2. The third-order valence-corrected chi connectivity index (χ3v) is 5.70. The van der Waals surface area contributed by atoms with Crippen LogP contribution in [-0.2, 0) is 4.74 Å². The van der Waals surface area contributed by atoms with Crippen molar-refractivity contribution in [3.05, 3.63) is 65.9 Å². The molecule has 3 aromatic rings. The molecule has 0 aliphatic carbocycles. The number of hydrogen-bond acceptors (Lipinski definition) is 4. The Bertz CT molecular complexity index is 1020. The smallest absolute Gasteiger partial charge is 0.191 e. The first-order valence-corrected chi connectivity index (χ1v) is 11.0. The van der Waals surface area contributed by atoms with E-state index in [-0.39, 0.29) is 12.1 Å². The molecule has 1 saturated heterocycles. The predicted octanol–water partition coefficient (Wildman–Crippen LogP) is 4.84. The average Bonchev–Trinajstić information content (AvgIpc) is 3.45. The van der Waals surface area contributed by atoms with Gasteiger partial charge in [-0.05, 0) is 38.0 Å². The zero-order valence-electron chi connectivity index (χ0n) is 18.4. The van der Waals surface area contributed by atoms with Crippen LogP contribution in [-0.4, -0.2) is 32.8 Å². The summed E-state index contributed by atoms with van der Waals surface area (Å²) in [6, 6.07) is 18.4. The Kier molecular flexibility index (Phi) is 6.77. The van der Waals surface area contributed by atoms with E-state index in [0.29, 0.717) is 12.5 Å². The highest BCUT2D eigenvalue weighted by Crippen LogP contribution is 2.34. The fourth-order valence-corrected chi connectivity index (χ4v) is 4.09. The second kappa shape index (κ2) is 9.88. The van der Waals surface area contributed by atoms with Gasteiger partial charge in [0.1, 0.15) is 5.76 Å². The largest absolute Gasteiger partial charge is 0.490 e. The van der Waals surface area contributed by atoms with E-state index in [1.165, 1.54) is 5.56 Å². The lowest BCUT2D eigenvalue weighted by atomic mass is 9.95. The average molecular weight is 422 g/mol. The fourth-order valence-electron chi connectivity index (χ4n) is 4.09. The van der Waals surface area contributed by atoms with E-state index in [4.69, 9.17) is 13.9 Å². The highest BCUT2D eigenvalue weighted by atomic mass is 16.5. The standard InChI is InChI=1S/C25H31N3O3/c1-4-29-21-12-8-11-19-15-22(31-24(19)21)17(2)28-25(26-3)27-16-20-13-14-30-23(20)18-9-6-5-7-10-18/h5-12,15,17,20,23H,4,13-14,16H2,1-3H3,(H2,26,27,28). The van der Waals surface area contributed by atoms with Gasteiger partial charge in [0.2, 0.25) is 0 Å². The molecule has 4 rings (SSSR count). The van der Waals surface area contributed by atoms with Crippen molar-refractivity contribution in [1.82, 2.24) is 10.6 Å². The van der Waals surface area contributed by atoms with Gasteiger partial charge in [-0.25, -0.2) is 0 Å². The van der Waals surface area contributed by atoms with Gasteiger partial charge in [-0.3, -0.25) is 4.99 Å². The second-order valence-electron chi connectivity index (χ2n) is 7.83. The maximum atomic E-state index is 6.12. The Labute approximate surface area is 183 Å². The quantitative estimate of drug-likeness (QED) is 0.422. The van der Waals surface area contributed by atoms with Crippen LogP contribution in [0.1, 0.15) is 43.7 Å². The Balaban J connectivity index is 1.39. The van der Waals surface area contributed by atoms with Crippen molar-refractivity contribution >= 4 is 16.9 Å². The van der Waals surface area contributed by atoms with E-state index in [2.05, 4.69) is 52.9 Å². The number of ether oxygens (including phenoxy) is 2. The van der Waals surface area contributed by atoms with Crippen molar-refractivity contribution in [1.29, 1.82) is 0 Å². The third kappa shape index (κ3) is 4.85. The molecule has 31 heavy (non-hydrogen) atoms. The number of aliphatic imine (C=N–C) groups is 1. The van der Waals surface area contributed by atoms with Gasteiger partial charge >= 0.3 is 0 Å². The van der Waals surface area contributed by atoms with Gasteiger partial charge in [-0.1, -0.05) is 42.5 Å². The van der Waals surface area contributed by atoms with Crippen LogP contribution in [0.4, 0.5) is 0 Å². The second-order valence-corrected chi connectivity index (χ2v) is 7.83. The van der Waals surface area contributed by atoms with Crippen LogP contribution in [0.15, 0.2) is 64.0 Å². The fraction of sp³-hybridized carbons (Fsp3) is 0.400. The molecule has 164 valence electrons. The molecular formula is C25H31N3O3. The number of nitrogens with one attached hydrogen (secondary N) is 2. The summed E-state index contributed by atoms with van der Waals surface area (Å²) >= 11 is 0. The normalized spacial score (nSPS) is 20.0. The molecule has 0 bridgehead atoms. The first kappa shape index (κ1) is 21.2. The summed E-state index contributed by atoms with van der Waals surface area (Å²) in [6.07, 6.45) is 1.15. The molecule has 1 aromatic heterocycles.